The Bertz CT molecular complexity index is 254. The van der Waals surface area contributed by atoms with Gasteiger partial charge in [-0.05, 0) is 30.4 Å². The minimum atomic E-state index is -0.345. The van der Waals surface area contributed by atoms with Gasteiger partial charge in [-0.1, -0.05) is 31.2 Å². The fourth-order valence-corrected chi connectivity index (χ4v) is 1.43. The van der Waals surface area contributed by atoms with Crippen molar-refractivity contribution in [2.24, 2.45) is 0 Å². The summed E-state index contributed by atoms with van der Waals surface area (Å²) in [7, 11) is 0. The number of hydrogen-bond acceptors (Lipinski definition) is 2. The van der Waals surface area contributed by atoms with Gasteiger partial charge in [0.15, 0.2) is 0 Å². The Morgan fingerprint density at radius 1 is 1.21 bits per heavy atom. The molecule has 0 radical (unpaired) electrons. The van der Waals surface area contributed by atoms with Crippen molar-refractivity contribution in [3.8, 4) is 0 Å². The van der Waals surface area contributed by atoms with E-state index in [0.717, 1.165) is 24.8 Å². The van der Waals surface area contributed by atoms with Crippen molar-refractivity contribution in [1.82, 2.24) is 0 Å². The summed E-state index contributed by atoms with van der Waals surface area (Å²) in [4.78, 5) is 0. The second kappa shape index (κ2) is 5.78. The van der Waals surface area contributed by atoms with Gasteiger partial charge in [-0.2, -0.15) is 0 Å². The third kappa shape index (κ3) is 3.13. The molecule has 0 aliphatic heterocycles. The first-order chi connectivity index (χ1) is 6.77. The quantitative estimate of drug-likeness (QED) is 0.753. The Hall–Kier alpha value is -0.860. The zero-order valence-corrected chi connectivity index (χ0v) is 8.61. The van der Waals surface area contributed by atoms with Gasteiger partial charge in [0, 0.05) is 6.61 Å². The number of aryl methyl sites for hydroxylation is 1. The minimum absolute atomic E-state index is 0.235. The molecule has 0 aliphatic carbocycles. The van der Waals surface area contributed by atoms with E-state index >= 15 is 0 Å². The lowest BCUT2D eigenvalue weighted by atomic mass is 10.0. The SMILES string of the molecule is CCC(O)c1ccc(CCCO)cc1. The summed E-state index contributed by atoms with van der Waals surface area (Å²) >= 11 is 0. The largest absolute Gasteiger partial charge is 0.396 e. The van der Waals surface area contributed by atoms with Gasteiger partial charge in [0.05, 0.1) is 6.10 Å². The van der Waals surface area contributed by atoms with E-state index in [1.165, 1.54) is 5.56 Å². The molecule has 0 saturated heterocycles. The second-order valence-corrected chi connectivity index (χ2v) is 3.49. The third-order valence-corrected chi connectivity index (χ3v) is 2.37. The van der Waals surface area contributed by atoms with Crippen molar-refractivity contribution in [3.05, 3.63) is 35.4 Å². The summed E-state index contributed by atoms with van der Waals surface area (Å²) < 4.78 is 0. The third-order valence-electron chi connectivity index (χ3n) is 2.37. The average Bonchev–Trinajstić information content (AvgIpc) is 2.26. The van der Waals surface area contributed by atoms with E-state index in [2.05, 4.69) is 0 Å². The molecule has 1 rings (SSSR count). The summed E-state index contributed by atoms with van der Waals surface area (Å²) in [5.41, 5.74) is 2.19. The molecule has 14 heavy (non-hydrogen) atoms. The topological polar surface area (TPSA) is 40.5 Å². The zero-order valence-electron chi connectivity index (χ0n) is 8.61. The van der Waals surface area contributed by atoms with E-state index in [4.69, 9.17) is 5.11 Å². The van der Waals surface area contributed by atoms with Crippen LogP contribution in [0.5, 0.6) is 0 Å². The van der Waals surface area contributed by atoms with Crippen LogP contribution in [0.3, 0.4) is 0 Å². The standard InChI is InChI=1S/C12H18O2/c1-2-12(14)11-7-5-10(6-8-11)4-3-9-13/h5-8,12-14H,2-4,9H2,1H3. The van der Waals surface area contributed by atoms with Crippen LogP contribution in [0.1, 0.15) is 37.0 Å². The normalized spacial score (nSPS) is 12.8. The highest BCUT2D eigenvalue weighted by Crippen LogP contribution is 2.16. The lowest BCUT2D eigenvalue weighted by Crippen LogP contribution is -1.95. The van der Waals surface area contributed by atoms with E-state index < -0.39 is 0 Å². The van der Waals surface area contributed by atoms with Gasteiger partial charge in [0.2, 0.25) is 0 Å². The molecular formula is C12H18O2. The van der Waals surface area contributed by atoms with E-state index in [1.54, 1.807) is 0 Å². The van der Waals surface area contributed by atoms with Crippen LogP contribution in [0.25, 0.3) is 0 Å². The molecule has 78 valence electrons. The molecule has 0 spiro atoms. The molecule has 1 aromatic rings. The van der Waals surface area contributed by atoms with Crippen molar-refractivity contribution >= 4 is 0 Å². The fourth-order valence-electron chi connectivity index (χ4n) is 1.43. The van der Waals surface area contributed by atoms with Crippen LogP contribution in [0, 0.1) is 0 Å². The van der Waals surface area contributed by atoms with E-state index in [9.17, 15) is 5.11 Å². The minimum Gasteiger partial charge on any atom is -0.396 e. The first-order valence-corrected chi connectivity index (χ1v) is 5.15. The molecule has 1 unspecified atom stereocenters. The maximum Gasteiger partial charge on any atom is 0.0787 e. The van der Waals surface area contributed by atoms with Crippen molar-refractivity contribution < 1.29 is 10.2 Å². The lowest BCUT2D eigenvalue weighted by molar-refractivity contribution is 0.173. The van der Waals surface area contributed by atoms with Crippen molar-refractivity contribution in [2.75, 3.05) is 6.61 Å². The summed E-state index contributed by atoms with van der Waals surface area (Å²) in [5, 5.41) is 18.2. The second-order valence-electron chi connectivity index (χ2n) is 3.49. The van der Waals surface area contributed by atoms with Crippen LogP contribution in [0.4, 0.5) is 0 Å². The number of hydrogen-bond donors (Lipinski definition) is 2. The van der Waals surface area contributed by atoms with Crippen LogP contribution in [-0.4, -0.2) is 16.8 Å². The van der Waals surface area contributed by atoms with Crippen molar-refractivity contribution in [1.29, 1.82) is 0 Å². The first kappa shape index (κ1) is 11.2. The summed E-state index contributed by atoms with van der Waals surface area (Å²) in [6.45, 7) is 2.20. The van der Waals surface area contributed by atoms with Crippen LogP contribution >= 0.6 is 0 Å². The van der Waals surface area contributed by atoms with Crippen LogP contribution in [0.2, 0.25) is 0 Å². The van der Waals surface area contributed by atoms with Crippen LogP contribution in [0.15, 0.2) is 24.3 Å². The number of rotatable bonds is 5. The maximum absolute atomic E-state index is 9.56. The smallest absolute Gasteiger partial charge is 0.0787 e. The summed E-state index contributed by atoms with van der Waals surface area (Å²) in [6.07, 6.45) is 2.10. The Morgan fingerprint density at radius 3 is 2.36 bits per heavy atom. The predicted octanol–water partition coefficient (Wildman–Crippen LogP) is 2.05. The van der Waals surface area contributed by atoms with Gasteiger partial charge in [-0.15, -0.1) is 0 Å². The van der Waals surface area contributed by atoms with Gasteiger partial charge < -0.3 is 10.2 Å². The zero-order chi connectivity index (χ0) is 10.4. The highest BCUT2D eigenvalue weighted by molar-refractivity contribution is 5.24. The molecular weight excluding hydrogens is 176 g/mol. The Morgan fingerprint density at radius 2 is 1.86 bits per heavy atom. The first-order valence-electron chi connectivity index (χ1n) is 5.15. The molecule has 2 heteroatoms. The van der Waals surface area contributed by atoms with Crippen molar-refractivity contribution in [3.63, 3.8) is 0 Å². The molecule has 0 aliphatic rings. The molecule has 2 nitrogen and oxygen atoms in total. The van der Waals surface area contributed by atoms with E-state index in [-0.39, 0.29) is 12.7 Å². The van der Waals surface area contributed by atoms with Gasteiger partial charge in [-0.25, -0.2) is 0 Å². The molecule has 1 aromatic carbocycles. The number of benzene rings is 1. The molecule has 0 fully saturated rings. The summed E-state index contributed by atoms with van der Waals surface area (Å²) in [6, 6.07) is 7.95. The summed E-state index contributed by atoms with van der Waals surface area (Å²) in [5.74, 6) is 0. The Kier molecular flexibility index (Phi) is 4.63. The number of aliphatic hydroxyl groups is 2. The highest BCUT2D eigenvalue weighted by Gasteiger charge is 2.03. The average molecular weight is 194 g/mol. The van der Waals surface area contributed by atoms with Gasteiger partial charge >= 0.3 is 0 Å². The Balaban J connectivity index is 2.59. The van der Waals surface area contributed by atoms with Crippen LogP contribution in [-0.2, 0) is 6.42 Å². The highest BCUT2D eigenvalue weighted by atomic mass is 16.3. The maximum atomic E-state index is 9.56. The monoisotopic (exact) mass is 194 g/mol. The van der Waals surface area contributed by atoms with Crippen molar-refractivity contribution in [2.45, 2.75) is 32.3 Å². The van der Waals surface area contributed by atoms with E-state index in [1.807, 2.05) is 31.2 Å². The molecule has 0 heterocycles. The van der Waals surface area contributed by atoms with Crippen LogP contribution < -0.4 is 0 Å². The van der Waals surface area contributed by atoms with Gasteiger partial charge in [0.1, 0.15) is 0 Å². The molecule has 0 saturated carbocycles. The lowest BCUT2D eigenvalue weighted by Gasteiger charge is -2.08. The van der Waals surface area contributed by atoms with Gasteiger partial charge in [0.25, 0.3) is 0 Å². The predicted molar refractivity (Wildman–Crippen MR) is 57.1 cm³/mol. The molecule has 1 atom stereocenters. The molecule has 0 amide bonds. The van der Waals surface area contributed by atoms with Gasteiger partial charge in [-0.3, -0.25) is 0 Å². The molecule has 0 bridgehead atoms. The number of aliphatic hydroxyl groups excluding tert-OH is 2. The molecule has 2 N–H and O–H groups in total. The molecule has 0 aromatic heterocycles. The Labute approximate surface area is 85.2 Å². The fraction of sp³-hybridized carbons (Fsp3) is 0.500. The van der Waals surface area contributed by atoms with E-state index in [0.29, 0.717) is 0 Å².